The third kappa shape index (κ3) is 3.64. The van der Waals surface area contributed by atoms with Crippen LogP contribution in [0, 0.1) is 0 Å². The Morgan fingerprint density at radius 2 is 2.20 bits per heavy atom. The summed E-state index contributed by atoms with van der Waals surface area (Å²) < 4.78 is 22.8. The van der Waals surface area contributed by atoms with Crippen molar-refractivity contribution in [3.05, 3.63) is 28.8 Å². The number of anilines is 1. The summed E-state index contributed by atoms with van der Waals surface area (Å²) in [5, 5.41) is 6.32. The van der Waals surface area contributed by atoms with Crippen LogP contribution in [-0.4, -0.2) is 38.4 Å². The van der Waals surface area contributed by atoms with Crippen molar-refractivity contribution < 1.29 is 13.2 Å². The fraction of sp³-hybridized carbons (Fsp3) is 0.462. The maximum absolute atomic E-state index is 12.3. The molecule has 2 N–H and O–H groups in total. The first-order valence-corrected chi connectivity index (χ1v) is 8.66. The summed E-state index contributed by atoms with van der Waals surface area (Å²) in [4.78, 5) is 12.3. The van der Waals surface area contributed by atoms with Gasteiger partial charge >= 0.3 is 0 Å². The van der Waals surface area contributed by atoms with Crippen LogP contribution in [0.2, 0.25) is 5.02 Å². The number of halogens is 1. The van der Waals surface area contributed by atoms with E-state index in [-0.39, 0.29) is 23.5 Å². The topological polar surface area (TPSA) is 75.3 Å². The number of amides is 1. The summed E-state index contributed by atoms with van der Waals surface area (Å²) in [6.45, 7) is 2.61. The zero-order valence-corrected chi connectivity index (χ0v) is 12.7. The standard InChI is InChI=1S/C13H17ClN2O3S/c1-2-15-12-4-3-9(14)7-11(12)13(17)16-10-5-6-20(18,19)8-10/h3-4,7,10,15H,2,5-6,8H2,1H3,(H,16,17). The molecule has 1 aromatic carbocycles. The van der Waals surface area contributed by atoms with Crippen LogP contribution in [-0.2, 0) is 9.84 Å². The zero-order chi connectivity index (χ0) is 14.8. The molecule has 1 saturated heterocycles. The SMILES string of the molecule is CCNc1ccc(Cl)cc1C(=O)NC1CCS(=O)(=O)C1. The van der Waals surface area contributed by atoms with Gasteiger partial charge in [-0.05, 0) is 31.5 Å². The molecule has 5 nitrogen and oxygen atoms in total. The number of rotatable bonds is 4. The maximum atomic E-state index is 12.3. The van der Waals surface area contributed by atoms with Gasteiger partial charge in [0.15, 0.2) is 9.84 Å². The molecule has 1 heterocycles. The summed E-state index contributed by atoms with van der Waals surface area (Å²) in [6.07, 6.45) is 0.463. The smallest absolute Gasteiger partial charge is 0.253 e. The van der Waals surface area contributed by atoms with Crippen molar-refractivity contribution >= 4 is 33.0 Å². The lowest BCUT2D eigenvalue weighted by Crippen LogP contribution is -2.36. The van der Waals surface area contributed by atoms with Crippen LogP contribution >= 0.6 is 11.6 Å². The average Bonchev–Trinajstić information content (AvgIpc) is 2.71. The fourth-order valence-electron chi connectivity index (χ4n) is 2.22. The normalized spacial score (nSPS) is 20.6. The minimum atomic E-state index is -3.01. The van der Waals surface area contributed by atoms with Gasteiger partial charge in [-0.1, -0.05) is 11.6 Å². The van der Waals surface area contributed by atoms with Crippen molar-refractivity contribution in [1.82, 2.24) is 5.32 Å². The first kappa shape index (κ1) is 15.1. The van der Waals surface area contributed by atoms with Gasteiger partial charge in [0.05, 0.1) is 17.1 Å². The van der Waals surface area contributed by atoms with Gasteiger partial charge in [-0.25, -0.2) is 8.42 Å². The van der Waals surface area contributed by atoms with Crippen LogP contribution in [0.1, 0.15) is 23.7 Å². The minimum Gasteiger partial charge on any atom is -0.385 e. The number of carbonyl (C=O) groups is 1. The molecule has 1 unspecified atom stereocenters. The molecule has 0 aliphatic carbocycles. The molecule has 1 aliphatic heterocycles. The molecule has 110 valence electrons. The molecule has 1 amide bonds. The molecule has 20 heavy (non-hydrogen) atoms. The lowest BCUT2D eigenvalue weighted by molar-refractivity contribution is 0.0942. The van der Waals surface area contributed by atoms with Crippen molar-refractivity contribution in [2.75, 3.05) is 23.4 Å². The van der Waals surface area contributed by atoms with Gasteiger partial charge in [0.2, 0.25) is 0 Å². The highest BCUT2D eigenvalue weighted by atomic mass is 35.5. The molecule has 0 spiro atoms. The van der Waals surface area contributed by atoms with E-state index in [0.29, 0.717) is 29.2 Å². The van der Waals surface area contributed by atoms with E-state index in [1.807, 2.05) is 6.92 Å². The molecule has 0 saturated carbocycles. The van der Waals surface area contributed by atoms with Crippen LogP contribution < -0.4 is 10.6 Å². The van der Waals surface area contributed by atoms with Gasteiger partial charge in [0, 0.05) is 23.3 Å². The number of hydrogen-bond acceptors (Lipinski definition) is 4. The molecule has 1 fully saturated rings. The molecule has 1 aromatic rings. The molecule has 0 bridgehead atoms. The molecular formula is C13H17ClN2O3S. The van der Waals surface area contributed by atoms with E-state index >= 15 is 0 Å². The molecule has 0 radical (unpaired) electrons. The predicted molar refractivity (Wildman–Crippen MR) is 80.1 cm³/mol. The molecular weight excluding hydrogens is 300 g/mol. The largest absolute Gasteiger partial charge is 0.385 e. The van der Waals surface area contributed by atoms with Crippen LogP contribution in [0.15, 0.2) is 18.2 Å². The quantitative estimate of drug-likeness (QED) is 0.886. The zero-order valence-electron chi connectivity index (χ0n) is 11.1. The minimum absolute atomic E-state index is 0.00977. The number of carbonyl (C=O) groups excluding carboxylic acids is 1. The summed E-state index contributed by atoms with van der Waals surface area (Å²) in [5.41, 5.74) is 1.12. The average molecular weight is 317 g/mol. The first-order chi connectivity index (χ1) is 9.41. The van der Waals surface area contributed by atoms with E-state index in [9.17, 15) is 13.2 Å². The van der Waals surface area contributed by atoms with Gasteiger partial charge < -0.3 is 10.6 Å². The number of nitrogens with one attached hydrogen (secondary N) is 2. The van der Waals surface area contributed by atoms with Gasteiger partial charge in [0.25, 0.3) is 5.91 Å². The molecule has 7 heteroatoms. The number of benzene rings is 1. The molecule has 0 aromatic heterocycles. The van der Waals surface area contributed by atoms with Crippen molar-refractivity contribution in [2.45, 2.75) is 19.4 Å². The van der Waals surface area contributed by atoms with Gasteiger partial charge in [-0.3, -0.25) is 4.79 Å². The highest BCUT2D eigenvalue weighted by Crippen LogP contribution is 2.21. The van der Waals surface area contributed by atoms with E-state index in [0.717, 1.165) is 0 Å². The van der Waals surface area contributed by atoms with Crippen molar-refractivity contribution in [3.8, 4) is 0 Å². The van der Waals surface area contributed by atoms with E-state index in [1.165, 1.54) is 0 Å². The Hall–Kier alpha value is -1.27. The highest BCUT2D eigenvalue weighted by Gasteiger charge is 2.29. The van der Waals surface area contributed by atoms with Crippen LogP contribution in [0.4, 0.5) is 5.69 Å². The lowest BCUT2D eigenvalue weighted by Gasteiger charge is -2.14. The van der Waals surface area contributed by atoms with E-state index < -0.39 is 9.84 Å². The number of hydrogen-bond donors (Lipinski definition) is 2. The summed E-state index contributed by atoms with van der Waals surface area (Å²) in [7, 11) is -3.01. The van der Waals surface area contributed by atoms with Crippen LogP contribution in [0.5, 0.6) is 0 Å². The van der Waals surface area contributed by atoms with E-state index in [2.05, 4.69) is 10.6 Å². The summed E-state index contributed by atoms with van der Waals surface area (Å²) in [6, 6.07) is 4.71. The highest BCUT2D eigenvalue weighted by molar-refractivity contribution is 7.91. The van der Waals surface area contributed by atoms with Crippen molar-refractivity contribution in [3.63, 3.8) is 0 Å². The Morgan fingerprint density at radius 3 is 2.80 bits per heavy atom. The van der Waals surface area contributed by atoms with Crippen molar-refractivity contribution in [1.29, 1.82) is 0 Å². The predicted octanol–water partition coefficient (Wildman–Crippen LogP) is 1.69. The Balaban J connectivity index is 2.14. The second kappa shape index (κ2) is 6.01. The van der Waals surface area contributed by atoms with E-state index in [1.54, 1.807) is 18.2 Å². The summed E-state index contributed by atoms with van der Waals surface area (Å²) >= 11 is 5.92. The van der Waals surface area contributed by atoms with Gasteiger partial charge in [-0.2, -0.15) is 0 Å². The summed E-state index contributed by atoms with van der Waals surface area (Å²) in [5.74, 6) is -0.158. The van der Waals surface area contributed by atoms with Gasteiger partial charge in [0.1, 0.15) is 0 Å². The van der Waals surface area contributed by atoms with Crippen molar-refractivity contribution in [2.24, 2.45) is 0 Å². The lowest BCUT2D eigenvalue weighted by atomic mass is 10.1. The molecule has 1 aliphatic rings. The third-order valence-electron chi connectivity index (χ3n) is 3.16. The maximum Gasteiger partial charge on any atom is 0.253 e. The Bertz CT molecular complexity index is 616. The van der Waals surface area contributed by atoms with Crippen LogP contribution in [0.25, 0.3) is 0 Å². The van der Waals surface area contributed by atoms with Gasteiger partial charge in [-0.15, -0.1) is 0 Å². The monoisotopic (exact) mass is 316 g/mol. The molecule has 1 atom stereocenters. The third-order valence-corrected chi connectivity index (χ3v) is 5.16. The Labute approximate surface area is 123 Å². The van der Waals surface area contributed by atoms with Crippen LogP contribution in [0.3, 0.4) is 0 Å². The fourth-order valence-corrected chi connectivity index (χ4v) is 4.07. The Morgan fingerprint density at radius 1 is 1.45 bits per heavy atom. The molecule has 2 rings (SSSR count). The Kier molecular flexibility index (Phi) is 4.55. The van der Waals surface area contributed by atoms with E-state index in [4.69, 9.17) is 11.6 Å². The number of sulfone groups is 1. The second-order valence-corrected chi connectivity index (χ2v) is 7.46. The first-order valence-electron chi connectivity index (χ1n) is 6.46. The second-order valence-electron chi connectivity index (χ2n) is 4.79.